The molecule has 4 rings (SSSR count). The van der Waals surface area contributed by atoms with E-state index < -0.39 is 0 Å². The number of hydrogen-bond acceptors (Lipinski definition) is 3. The van der Waals surface area contributed by atoms with Crippen LogP contribution in [0, 0.1) is 5.92 Å². The average Bonchev–Trinajstić information content (AvgIpc) is 3.16. The Morgan fingerprint density at radius 3 is 2.62 bits per heavy atom. The highest BCUT2D eigenvalue weighted by atomic mass is 16.5. The summed E-state index contributed by atoms with van der Waals surface area (Å²) in [6.45, 7) is 4.49. The van der Waals surface area contributed by atoms with Crippen LogP contribution in [0.15, 0.2) is 54.6 Å². The van der Waals surface area contributed by atoms with Gasteiger partial charge in [0.25, 0.3) is 0 Å². The number of rotatable bonds is 3. The summed E-state index contributed by atoms with van der Waals surface area (Å²) in [5.41, 5.74) is 5.89. The monoisotopic (exact) mass is 347 g/mol. The molecule has 2 aromatic carbocycles. The van der Waals surface area contributed by atoms with Crippen LogP contribution >= 0.6 is 0 Å². The molecule has 0 amide bonds. The molecule has 0 saturated carbocycles. The van der Waals surface area contributed by atoms with E-state index in [1.807, 2.05) is 12.1 Å². The molecule has 0 spiro atoms. The third-order valence-corrected chi connectivity index (χ3v) is 5.74. The van der Waals surface area contributed by atoms with Crippen LogP contribution in [0.4, 0.5) is 5.69 Å². The van der Waals surface area contributed by atoms with Crippen molar-refractivity contribution in [2.45, 2.75) is 38.1 Å². The lowest BCUT2D eigenvalue weighted by molar-refractivity contribution is 0.0600. The van der Waals surface area contributed by atoms with Crippen molar-refractivity contribution in [1.29, 1.82) is 0 Å². The Bertz CT molecular complexity index is 851. The van der Waals surface area contributed by atoms with Crippen LogP contribution in [-0.4, -0.2) is 13.1 Å². The third kappa shape index (κ3) is 2.72. The Morgan fingerprint density at radius 1 is 1.15 bits per heavy atom. The van der Waals surface area contributed by atoms with Gasteiger partial charge < -0.3 is 10.1 Å². The van der Waals surface area contributed by atoms with Crippen LogP contribution in [0.3, 0.4) is 0 Å². The Balaban J connectivity index is 1.74. The highest BCUT2D eigenvalue weighted by Gasteiger charge is 2.38. The second-order valence-electron chi connectivity index (χ2n) is 7.56. The van der Waals surface area contributed by atoms with E-state index in [1.165, 1.54) is 29.5 Å². The van der Waals surface area contributed by atoms with E-state index in [1.54, 1.807) is 0 Å². The number of ether oxygens (including phenoxy) is 1. The number of benzene rings is 2. The summed E-state index contributed by atoms with van der Waals surface area (Å²) in [5.74, 6) is 1.15. The van der Waals surface area contributed by atoms with Crippen molar-refractivity contribution in [2.24, 2.45) is 5.92 Å². The molecule has 0 saturated heterocycles. The second-order valence-corrected chi connectivity index (χ2v) is 7.56. The van der Waals surface area contributed by atoms with Crippen LogP contribution in [-0.2, 0) is 4.74 Å². The van der Waals surface area contributed by atoms with Gasteiger partial charge in [-0.15, -0.1) is 0 Å². The molecule has 1 aliphatic carbocycles. The molecule has 0 radical (unpaired) electrons. The molecule has 3 atom stereocenters. The molecule has 134 valence electrons. The lowest BCUT2D eigenvalue weighted by Crippen LogP contribution is -2.30. The number of para-hydroxylation sites is 1. The Labute approximate surface area is 155 Å². The molecule has 2 aromatic rings. The normalized spacial score (nSPS) is 23.3. The topological polar surface area (TPSA) is 38.3 Å². The predicted molar refractivity (Wildman–Crippen MR) is 105 cm³/mol. The minimum Gasteiger partial charge on any atom is -0.465 e. The number of carbonyl (C=O) groups is 1. The standard InChI is InChI=1S/C23H25NO2/c1-14(2)17-6-4-9-20-18-7-5-8-19(18)21(24-22(17)20)15-10-12-16(13-11-15)23(25)26-3/h4-7,9-14,18-19,21,24H,8H2,1-3H3/t18-,19+,21-/m0/s1. The molecule has 1 aliphatic heterocycles. The number of nitrogens with one attached hydrogen (secondary N) is 1. The Kier molecular flexibility index (Phi) is 4.31. The largest absolute Gasteiger partial charge is 0.465 e. The van der Waals surface area contributed by atoms with Gasteiger partial charge in [-0.25, -0.2) is 4.79 Å². The van der Waals surface area contributed by atoms with E-state index in [9.17, 15) is 4.79 Å². The lowest BCUT2D eigenvalue weighted by atomic mass is 9.75. The van der Waals surface area contributed by atoms with Crippen molar-refractivity contribution < 1.29 is 9.53 Å². The number of esters is 1. The zero-order valence-electron chi connectivity index (χ0n) is 15.5. The predicted octanol–water partition coefficient (Wildman–Crippen LogP) is 5.42. The smallest absolute Gasteiger partial charge is 0.337 e. The zero-order chi connectivity index (χ0) is 18.3. The number of carbonyl (C=O) groups excluding carboxylic acids is 1. The molecule has 0 aromatic heterocycles. The van der Waals surface area contributed by atoms with Gasteiger partial charge in [0, 0.05) is 11.6 Å². The number of anilines is 1. The van der Waals surface area contributed by atoms with Crippen LogP contribution in [0.2, 0.25) is 0 Å². The number of methoxy groups -OCH3 is 1. The van der Waals surface area contributed by atoms with Gasteiger partial charge in [-0.3, -0.25) is 0 Å². The van der Waals surface area contributed by atoms with Gasteiger partial charge in [0.05, 0.1) is 18.7 Å². The first kappa shape index (κ1) is 16.9. The molecule has 3 heteroatoms. The number of hydrogen-bond donors (Lipinski definition) is 1. The molecule has 26 heavy (non-hydrogen) atoms. The lowest BCUT2D eigenvalue weighted by Gasteiger charge is -2.39. The molecule has 0 fully saturated rings. The fourth-order valence-electron chi connectivity index (χ4n) is 4.40. The minimum atomic E-state index is -0.291. The summed E-state index contributed by atoms with van der Waals surface area (Å²) in [4.78, 5) is 11.7. The summed E-state index contributed by atoms with van der Waals surface area (Å²) < 4.78 is 4.81. The summed E-state index contributed by atoms with van der Waals surface area (Å²) in [6.07, 6.45) is 5.75. The third-order valence-electron chi connectivity index (χ3n) is 5.74. The van der Waals surface area contributed by atoms with Crippen molar-refractivity contribution in [2.75, 3.05) is 12.4 Å². The van der Waals surface area contributed by atoms with Crippen molar-refractivity contribution in [3.05, 3.63) is 76.9 Å². The minimum absolute atomic E-state index is 0.245. The summed E-state index contributed by atoms with van der Waals surface area (Å²) >= 11 is 0. The molecular formula is C23H25NO2. The van der Waals surface area contributed by atoms with Crippen molar-refractivity contribution in [3.63, 3.8) is 0 Å². The molecule has 2 aliphatic rings. The van der Waals surface area contributed by atoms with Gasteiger partial charge in [0.2, 0.25) is 0 Å². The number of fused-ring (bicyclic) bond motifs is 3. The molecule has 3 nitrogen and oxygen atoms in total. The Hall–Kier alpha value is -2.55. The van der Waals surface area contributed by atoms with Crippen LogP contribution < -0.4 is 5.32 Å². The van der Waals surface area contributed by atoms with E-state index in [2.05, 4.69) is 61.6 Å². The first-order chi connectivity index (χ1) is 12.6. The molecular weight excluding hydrogens is 322 g/mol. The first-order valence-corrected chi connectivity index (χ1v) is 9.34. The van der Waals surface area contributed by atoms with E-state index in [-0.39, 0.29) is 12.0 Å². The van der Waals surface area contributed by atoms with Gasteiger partial charge in [0.15, 0.2) is 0 Å². The summed E-state index contributed by atoms with van der Waals surface area (Å²) in [7, 11) is 1.41. The van der Waals surface area contributed by atoms with E-state index in [0.29, 0.717) is 23.3 Å². The van der Waals surface area contributed by atoms with Crippen molar-refractivity contribution >= 4 is 11.7 Å². The van der Waals surface area contributed by atoms with Crippen molar-refractivity contribution in [1.82, 2.24) is 0 Å². The van der Waals surface area contributed by atoms with Crippen LogP contribution in [0.1, 0.15) is 65.2 Å². The van der Waals surface area contributed by atoms with Gasteiger partial charge in [-0.1, -0.05) is 56.3 Å². The maximum absolute atomic E-state index is 11.7. The molecule has 1 N–H and O–H groups in total. The maximum Gasteiger partial charge on any atom is 0.337 e. The second kappa shape index (κ2) is 6.64. The number of allylic oxidation sites excluding steroid dienone is 2. The van der Waals surface area contributed by atoms with Gasteiger partial charge >= 0.3 is 5.97 Å². The van der Waals surface area contributed by atoms with E-state index in [4.69, 9.17) is 4.74 Å². The van der Waals surface area contributed by atoms with Gasteiger partial charge in [-0.05, 0) is 47.1 Å². The van der Waals surface area contributed by atoms with Gasteiger partial charge in [0.1, 0.15) is 0 Å². The first-order valence-electron chi connectivity index (χ1n) is 9.34. The fourth-order valence-corrected chi connectivity index (χ4v) is 4.40. The SMILES string of the molecule is COC(=O)c1ccc([C@@H]2Nc3c(C(C)C)cccc3[C@H]3C=CC[C@H]32)cc1. The van der Waals surface area contributed by atoms with E-state index in [0.717, 1.165) is 6.42 Å². The fraction of sp³-hybridized carbons (Fsp3) is 0.348. The van der Waals surface area contributed by atoms with E-state index >= 15 is 0 Å². The van der Waals surface area contributed by atoms with Gasteiger partial charge in [-0.2, -0.15) is 0 Å². The zero-order valence-corrected chi connectivity index (χ0v) is 15.5. The molecule has 0 bridgehead atoms. The molecule has 1 heterocycles. The van der Waals surface area contributed by atoms with Crippen molar-refractivity contribution in [3.8, 4) is 0 Å². The van der Waals surface area contributed by atoms with Crippen LogP contribution in [0.25, 0.3) is 0 Å². The highest BCUT2D eigenvalue weighted by Crippen LogP contribution is 2.51. The quantitative estimate of drug-likeness (QED) is 0.595. The average molecular weight is 347 g/mol. The van der Waals surface area contributed by atoms with Crippen LogP contribution in [0.5, 0.6) is 0 Å². The maximum atomic E-state index is 11.7. The summed E-state index contributed by atoms with van der Waals surface area (Å²) in [5, 5.41) is 3.84. The highest BCUT2D eigenvalue weighted by molar-refractivity contribution is 5.89. The summed E-state index contributed by atoms with van der Waals surface area (Å²) in [6, 6.07) is 14.8. The molecule has 0 unspecified atom stereocenters. The Morgan fingerprint density at radius 2 is 1.92 bits per heavy atom.